The summed E-state index contributed by atoms with van der Waals surface area (Å²) in [6.45, 7) is 3.82. The van der Waals surface area contributed by atoms with Crippen molar-refractivity contribution in [3.8, 4) is 11.5 Å². The number of aliphatic hydroxyl groups is 1. The summed E-state index contributed by atoms with van der Waals surface area (Å²) in [4.78, 5) is 21.0. The molecule has 1 amide bonds. The van der Waals surface area contributed by atoms with Crippen molar-refractivity contribution >= 4 is 27.5 Å². The Balaban J connectivity index is 1.48. The molecule has 0 spiro atoms. The van der Waals surface area contributed by atoms with Crippen LogP contribution in [-0.2, 0) is 6.42 Å². The second kappa shape index (κ2) is 9.10. The third kappa shape index (κ3) is 4.96. The number of aliphatic hydroxyl groups excluding tert-OH is 1. The molecule has 1 saturated carbocycles. The normalized spacial score (nSPS) is 19.2. The zero-order valence-corrected chi connectivity index (χ0v) is 18.1. The molecule has 2 N–H and O–H groups in total. The van der Waals surface area contributed by atoms with Crippen LogP contribution in [0, 0.1) is 5.92 Å². The molecule has 1 fully saturated rings. The Labute approximate surface area is 180 Å². The molecule has 1 aliphatic carbocycles. The Morgan fingerprint density at radius 1 is 1.23 bits per heavy atom. The number of thiazole rings is 1. The number of ether oxygens (including phenoxy) is 1. The van der Waals surface area contributed by atoms with E-state index in [2.05, 4.69) is 10.3 Å². The van der Waals surface area contributed by atoms with Crippen molar-refractivity contribution in [3.05, 3.63) is 47.2 Å². The minimum absolute atomic E-state index is 0.0431. The maximum Gasteiger partial charge on any atom is 0.270 e. The zero-order chi connectivity index (χ0) is 21.1. The van der Waals surface area contributed by atoms with Gasteiger partial charge in [0.05, 0.1) is 21.3 Å². The lowest BCUT2D eigenvalue weighted by Crippen LogP contribution is -2.30. The first-order valence-electron chi connectivity index (χ1n) is 10.5. The number of hydrogen-bond donors (Lipinski definition) is 2. The van der Waals surface area contributed by atoms with Crippen LogP contribution in [0.4, 0.5) is 0 Å². The third-order valence-corrected chi connectivity index (χ3v) is 6.37. The molecule has 0 radical (unpaired) electrons. The molecule has 0 bridgehead atoms. The highest BCUT2D eigenvalue weighted by molar-refractivity contribution is 7.18. The van der Waals surface area contributed by atoms with E-state index in [1.165, 1.54) is 6.42 Å². The second-order valence-electron chi connectivity index (χ2n) is 8.16. The van der Waals surface area contributed by atoms with Gasteiger partial charge in [0.15, 0.2) is 0 Å². The first-order valence-corrected chi connectivity index (χ1v) is 11.3. The fourth-order valence-electron chi connectivity index (χ4n) is 3.82. The fraction of sp³-hybridized carbons (Fsp3) is 0.435. The molecular weight excluding hydrogens is 398 g/mol. The Bertz CT molecular complexity index is 1030. The molecule has 1 aromatic carbocycles. The predicted octanol–water partition coefficient (Wildman–Crippen LogP) is 4.72. The van der Waals surface area contributed by atoms with Crippen molar-refractivity contribution in [2.75, 3.05) is 0 Å². The molecule has 2 aromatic heterocycles. The van der Waals surface area contributed by atoms with Crippen molar-refractivity contribution in [2.24, 2.45) is 5.92 Å². The van der Waals surface area contributed by atoms with Crippen LogP contribution >= 0.6 is 11.3 Å². The summed E-state index contributed by atoms with van der Waals surface area (Å²) in [6, 6.07) is 9.23. The molecule has 0 aliphatic heterocycles. The molecule has 7 heteroatoms. The second-order valence-corrected chi connectivity index (χ2v) is 9.28. The Kier molecular flexibility index (Phi) is 6.29. The lowest BCUT2D eigenvalue weighted by atomic mass is 9.84. The van der Waals surface area contributed by atoms with Gasteiger partial charge >= 0.3 is 0 Å². The van der Waals surface area contributed by atoms with Gasteiger partial charge < -0.3 is 15.2 Å². The van der Waals surface area contributed by atoms with Gasteiger partial charge in [0, 0.05) is 30.8 Å². The van der Waals surface area contributed by atoms with Gasteiger partial charge in [-0.3, -0.25) is 9.78 Å². The van der Waals surface area contributed by atoms with Crippen molar-refractivity contribution in [1.82, 2.24) is 15.3 Å². The van der Waals surface area contributed by atoms with E-state index < -0.39 is 0 Å². The van der Waals surface area contributed by atoms with Crippen molar-refractivity contribution < 1.29 is 14.6 Å². The van der Waals surface area contributed by atoms with E-state index >= 15 is 0 Å². The smallest absolute Gasteiger partial charge is 0.270 e. The summed E-state index contributed by atoms with van der Waals surface area (Å²) in [5.41, 5.74) is 1.27. The lowest BCUT2D eigenvalue weighted by molar-refractivity contribution is 0.0700. The van der Waals surface area contributed by atoms with Crippen LogP contribution in [0.5, 0.6) is 11.5 Å². The summed E-state index contributed by atoms with van der Waals surface area (Å²) >= 11 is 1.65. The molecule has 3 aromatic rings. The molecule has 0 saturated heterocycles. The summed E-state index contributed by atoms with van der Waals surface area (Å²) < 4.78 is 7.03. The minimum atomic E-state index is -0.220. The summed E-state index contributed by atoms with van der Waals surface area (Å²) in [5.74, 6) is 1.34. The van der Waals surface area contributed by atoms with Crippen molar-refractivity contribution in [2.45, 2.75) is 58.1 Å². The average molecular weight is 426 g/mol. The molecule has 158 valence electrons. The average Bonchev–Trinajstić information content (AvgIpc) is 3.11. The van der Waals surface area contributed by atoms with Gasteiger partial charge in [-0.25, -0.2) is 4.98 Å². The van der Waals surface area contributed by atoms with Crippen LogP contribution in [0.3, 0.4) is 0 Å². The highest BCUT2D eigenvalue weighted by Gasteiger charge is 2.24. The number of nitrogens with zero attached hydrogens (tertiary/aromatic N) is 2. The number of amides is 1. The van der Waals surface area contributed by atoms with Gasteiger partial charge in [-0.15, -0.1) is 11.3 Å². The van der Waals surface area contributed by atoms with E-state index in [4.69, 9.17) is 9.72 Å². The van der Waals surface area contributed by atoms with Gasteiger partial charge in [0.1, 0.15) is 17.2 Å². The van der Waals surface area contributed by atoms with Crippen LogP contribution in [0.15, 0.2) is 36.5 Å². The van der Waals surface area contributed by atoms with Crippen LogP contribution in [0.25, 0.3) is 10.2 Å². The molecule has 2 heterocycles. The topological polar surface area (TPSA) is 84.3 Å². The van der Waals surface area contributed by atoms with E-state index in [1.54, 1.807) is 29.7 Å². The third-order valence-electron chi connectivity index (χ3n) is 5.33. The Morgan fingerprint density at radius 2 is 2.03 bits per heavy atom. The number of pyridine rings is 1. The highest BCUT2D eigenvalue weighted by atomic mass is 32.1. The number of carbonyl (C=O) groups excluding carboxylic acids is 1. The number of benzene rings is 1. The number of rotatable bonds is 6. The van der Waals surface area contributed by atoms with E-state index in [-0.39, 0.29) is 18.1 Å². The van der Waals surface area contributed by atoms with E-state index in [0.29, 0.717) is 23.1 Å². The van der Waals surface area contributed by atoms with Crippen LogP contribution in [0.2, 0.25) is 0 Å². The van der Waals surface area contributed by atoms with E-state index in [9.17, 15) is 9.90 Å². The molecule has 30 heavy (non-hydrogen) atoms. The predicted molar refractivity (Wildman–Crippen MR) is 118 cm³/mol. The van der Waals surface area contributed by atoms with Crippen LogP contribution < -0.4 is 10.1 Å². The van der Waals surface area contributed by atoms with Gasteiger partial charge in [-0.05, 0) is 50.8 Å². The van der Waals surface area contributed by atoms with E-state index in [1.807, 2.05) is 32.0 Å². The summed E-state index contributed by atoms with van der Waals surface area (Å²) in [5, 5.41) is 14.1. The first-order chi connectivity index (χ1) is 14.5. The Hall–Kier alpha value is -2.51. The fourth-order valence-corrected chi connectivity index (χ4v) is 4.91. The lowest BCUT2D eigenvalue weighted by Gasteiger charge is -2.26. The van der Waals surface area contributed by atoms with Gasteiger partial charge in [0.25, 0.3) is 5.91 Å². The maximum atomic E-state index is 12.2. The molecular formula is C23H27N3O3S. The van der Waals surface area contributed by atoms with Crippen LogP contribution in [-0.4, -0.2) is 33.1 Å². The molecule has 4 rings (SSSR count). The number of fused-ring (bicyclic) bond motifs is 1. The van der Waals surface area contributed by atoms with Gasteiger partial charge in [0.2, 0.25) is 0 Å². The quantitative estimate of drug-likeness (QED) is 0.597. The summed E-state index contributed by atoms with van der Waals surface area (Å²) in [7, 11) is 0. The van der Waals surface area contributed by atoms with Gasteiger partial charge in [-0.2, -0.15) is 0 Å². The number of carbonyl (C=O) groups is 1. The monoisotopic (exact) mass is 425 g/mol. The summed E-state index contributed by atoms with van der Waals surface area (Å²) in [6.07, 6.45) is 6.47. The molecule has 1 aliphatic rings. The zero-order valence-electron chi connectivity index (χ0n) is 17.3. The highest BCUT2D eigenvalue weighted by Crippen LogP contribution is 2.33. The largest absolute Gasteiger partial charge is 0.457 e. The van der Waals surface area contributed by atoms with Gasteiger partial charge in [-0.1, -0.05) is 12.8 Å². The Morgan fingerprint density at radius 3 is 2.83 bits per heavy atom. The van der Waals surface area contributed by atoms with Crippen LogP contribution in [0.1, 0.15) is 55.0 Å². The molecule has 2 atom stereocenters. The maximum absolute atomic E-state index is 12.2. The molecule has 6 nitrogen and oxygen atoms in total. The van der Waals surface area contributed by atoms with Crippen molar-refractivity contribution in [3.63, 3.8) is 0 Å². The number of hydrogen-bond acceptors (Lipinski definition) is 6. The van der Waals surface area contributed by atoms with E-state index in [0.717, 1.165) is 40.9 Å². The standard InChI is InChI=1S/C23H27N3O3S/c1-14(2)25-23(28)19-12-17(9-10-24-19)29-16-7-8-18-21(13-16)30-22(26-18)11-15-5-3-4-6-20(15)27/h7-10,12-15,20,27H,3-6,11H2,1-2H3,(H,25,28)/t15-,20+/m0/s1. The number of aromatic nitrogens is 2. The molecule has 0 unspecified atom stereocenters. The number of nitrogens with one attached hydrogen (secondary N) is 1. The first kappa shape index (κ1) is 20.8. The minimum Gasteiger partial charge on any atom is -0.457 e. The SMILES string of the molecule is CC(C)NC(=O)c1cc(Oc2ccc3nc(C[C@@H]4CCCC[C@H]4O)sc3c2)ccn1. The van der Waals surface area contributed by atoms with Crippen molar-refractivity contribution in [1.29, 1.82) is 0 Å².